The van der Waals surface area contributed by atoms with Gasteiger partial charge in [0.2, 0.25) is 0 Å². The lowest BCUT2D eigenvalue weighted by molar-refractivity contribution is -0.266. The molecular formula is C56H72N2O4. The predicted molar refractivity (Wildman–Crippen MR) is 256 cm³/mol. The summed E-state index contributed by atoms with van der Waals surface area (Å²) in [5.41, 5.74) is 7.84. The minimum Gasteiger partial charge on any atom is -0.459 e. The second-order valence-electron chi connectivity index (χ2n) is 20.2. The van der Waals surface area contributed by atoms with E-state index in [2.05, 4.69) is 131 Å². The molecule has 6 nitrogen and oxygen atoms in total. The fourth-order valence-electron chi connectivity index (χ4n) is 10.5. The van der Waals surface area contributed by atoms with Gasteiger partial charge in [0.05, 0.1) is 12.7 Å². The lowest BCUT2D eigenvalue weighted by atomic mass is 9.72. The zero-order valence-corrected chi connectivity index (χ0v) is 39.1. The van der Waals surface area contributed by atoms with Crippen LogP contribution in [0.15, 0.2) is 140 Å². The van der Waals surface area contributed by atoms with E-state index in [4.69, 9.17) is 9.57 Å². The molecular weight excluding hydrogens is 765 g/mol. The van der Waals surface area contributed by atoms with Gasteiger partial charge in [0.15, 0.2) is 0 Å². The summed E-state index contributed by atoms with van der Waals surface area (Å²) >= 11 is 0. The zero-order chi connectivity index (χ0) is 44.7. The third-order valence-corrected chi connectivity index (χ3v) is 13.2. The summed E-state index contributed by atoms with van der Waals surface area (Å²) in [5.74, 6) is 0.962. The van der Waals surface area contributed by atoms with Crippen LogP contribution in [0.3, 0.4) is 0 Å². The van der Waals surface area contributed by atoms with Gasteiger partial charge in [-0.05, 0) is 145 Å². The summed E-state index contributed by atoms with van der Waals surface area (Å²) in [6.45, 7) is 19.4. The minimum absolute atomic E-state index is 0.000888. The third-order valence-electron chi connectivity index (χ3n) is 13.2. The van der Waals surface area contributed by atoms with E-state index in [-0.39, 0.29) is 29.1 Å². The Bertz CT molecular complexity index is 2100. The highest BCUT2D eigenvalue weighted by molar-refractivity contribution is 5.89. The molecule has 3 aromatic rings. The molecule has 2 aliphatic heterocycles. The van der Waals surface area contributed by atoms with E-state index in [1.165, 1.54) is 32.9 Å². The molecule has 0 amide bonds. The van der Waals surface area contributed by atoms with Crippen LogP contribution in [0.4, 0.5) is 0 Å². The molecule has 7 rings (SSSR count). The van der Waals surface area contributed by atoms with Gasteiger partial charge in [-0.2, -0.15) is 10.1 Å². The number of benzene rings is 3. The molecule has 330 valence electrons. The van der Waals surface area contributed by atoms with E-state index < -0.39 is 11.1 Å². The lowest BCUT2D eigenvalue weighted by Crippen LogP contribution is -2.60. The summed E-state index contributed by atoms with van der Waals surface area (Å²) in [4.78, 5) is 18.4. The number of esters is 1. The van der Waals surface area contributed by atoms with Gasteiger partial charge in [0, 0.05) is 40.9 Å². The normalized spacial score (nSPS) is 21.3. The van der Waals surface area contributed by atoms with Crippen molar-refractivity contribution < 1.29 is 19.6 Å². The maximum atomic E-state index is 12.6. The van der Waals surface area contributed by atoms with Crippen molar-refractivity contribution >= 4 is 5.97 Å². The van der Waals surface area contributed by atoms with E-state index in [0.717, 1.165) is 37.7 Å². The molecule has 0 bridgehead atoms. The van der Waals surface area contributed by atoms with E-state index in [1.54, 1.807) is 0 Å². The number of piperidine rings is 2. The van der Waals surface area contributed by atoms with Crippen LogP contribution in [0, 0.1) is 5.92 Å². The molecule has 0 spiro atoms. The first-order chi connectivity index (χ1) is 29.4. The quantitative estimate of drug-likeness (QED) is 0.205. The highest BCUT2D eigenvalue weighted by atomic mass is 16.7. The average Bonchev–Trinajstić information content (AvgIpc) is 3.68. The molecule has 4 aliphatic rings. The zero-order valence-electron chi connectivity index (χ0n) is 39.1. The van der Waals surface area contributed by atoms with Crippen molar-refractivity contribution in [2.75, 3.05) is 7.11 Å². The standard InChI is InChI=1S/C33H43NO.C23H29NO3/c1-7-27-22-29(30-23-32(2,3)34(35-6)33(4,5)24-30)20-21-31(27)28-18-16-26(17-19-28)15-14-25-12-10-8-9-11-13-25;1-22(2)15-20(16-23(3,4)24(22)26)27-21(25)19-13-11-18(12-14-19)17-9-7-5-6-8-10-17/h8-13,16-22,25,30H,7,14-15,23-24H2,1-6H3;5-14,17,20,26H,15-16H2,1-4H3. The average molecular weight is 837 g/mol. The number of carbonyl (C=O) groups is 1. The van der Waals surface area contributed by atoms with Crippen LogP contribution in [0.25, 0.3) is 11.1 Å². The SMILES string of the molecule is CC1(C)CC(OC(=O)c2ccc(C3C=CC=CC=C3)cc2)CC(C)(C)N1O.CCc1cc(C2CC(C)(C)N(OC)C(C)(C)C2)ccc1-c1ccc(CCC2C=CC=CC=C2)cc1. The molecule has 6 heteroatoms. The van der Waals surface area contributed by atoms with Crippen molar-refractivity contribution in [1.82, 2.24) is 10.1 Å². The van der Waals surface area contributed by atoms with Crippen molar-refractivity contribution in [3.63, 3.8) is 0 Å². The number of hydroxylamine groups is 4. The first-order valence-corrected chi connectivity index (χ1v) is 22.8. The maximum absolute atomic E-state index is 12.6. The monoisotopic (exact) mass is 837 g/mol. The second kappa shape index (κ2) is 19.8. The molecule has 0 unspecified atom stereocenters. The summed E-state index contributed by atoms with van der Waals surface area (Å²) in [7, 11) is 1.81. The van der Waals surface area contributed by atoms with Crippen molar-refractivity contribution in [1.29, 1.82) is 0 Å². The summed E-state index contributed by atoms with van der Waals surface area (Å²) in [6, 6.07) is 24.1. The molecule has 2 aliphatic carbocycles. The van der Waals surface area contributed by atoms with Gasteiger partial charge in [-0.25, -0.2) is 4.79 Å². The summed E-state index contributed by atoms with van der Waals surface area (Å²) < 4.78 is 5.79. The predicted octanol–water partition coefficient (Wildman–Crippen LogP) is 13.5. The Morgan fingerprint density at radius 2 is 1.19 bits per heavy atom. The van der Waals surface area contributed by atoms with Crippen molar-refractivity contribution in [2.45, 2.75) is 147 Å². The van der Waals surface area contributed by atoms with Gasteiger partial charge < -0.3 is 14.8 Å². The fraction of sp³-hybridized carbons (Fsp3) is 0.446. The molecule has 0 atom stereocenters. The Labute approximate surface area is 373 Å². The van der Waals surface area contributed by atoms with Gasteiger partial charge in [-0.3, -0.25) is 0 Å². The number of aryl methyl sites for hydroxylation is 2. The van der Waals surface area contributed by atoms with Crippen LogP contribution in [0.5, 0.6) is 0 Å². The van der Waals surface area contributed by atoms with Gasteiger partial charge >= 0.3 is 5.97 Å². The van der Waals surface area contributed by atoms with Crippen molar-refractivity contribution in [3.8, 4) is 11.1 Å². The smallest absolute Gasteiger partial charge is 0.338 e. The maximum Gasteiger partial charge on any atom is 0.338 e. The van der Waals surface area contributed by atoms with E-state index in [9.17, 15) is 10.0 Å². The lowest BCUT2D eigenvalue weighted by Gasteiger charge is -2.53. The van der Waals surface area contributed by atoms with E-state index in [0.29, 0.717) is 30.2 Å². The number of ether oxygens (including phenoxy) is 1. The van der Waals surface area contributed by atoms with E-state index >= 15 is 0 Å². The molecule has 3 aromatic carbocycles. The molecule has 2 fully saturated rings. The number of carbonyl (C=O) groups excluding carboxylic acids is 1. The van der Waals surface area contributed by atoms with Crippen molar-refractivity contribution in [2.24, 2.45) is 5.92 Å². The molecule has 0 saturated carbocycles. The van der Waals surface area contributed by atoms with Crippen LogP contribution in [0.1, 0.15) is 139 Å². The molecule has 2 heterocycles. The van der Waals surface area contributed by atoms with Crippen LogP contribution in [-0.2, 0) is 22.4 Å². The van der Waals surface area contributed by atoms with Crippen LogP contribution < -0.4 is 0 Å². The largest absolute Gasteiger partial charge is 0.459 e. The molecule has 0 radical (unpaired) electrons. The van der Waals surface area contributed by atoms with E-state index in [1.807, 2.05) is 83.4 Å². The summed E-state index contributed by atoms with van der Waals surface area (Å²) in [5, 5.41) is 14.0. The van der Waals surface area contributed by atoms with Crippen LogP contribution >= 0.6 is 0 Å². The van der Waals surface area contributed by atoms with Gasteiger partial charge in [-0.15, -0.1) is 0 Å². The minimum atomic E-state index is -0.442. The Hall–Kier alpha value is -4.59. The van der Waals surface area contributed by atoms with Crippen molar-refractivity contribution in [3.05, 3.63) is 167 Å². The van der Waals surface area contributed by atoms with Gasteiger partial charge in [-0.1, -0.05) is 134 Å². The number of rotatable bonds is 10. The molecule has 1 N–H and O–H groups in total. The third kappa shape index (κ3) is 11.5. The first-order valence-electron chi connectivity index (χ1n) is 22.8. The Balaban J connectivity index is 0.000000214. The first kappa shape index (κ1) is 46.9. The molecule has 0 aromatic heterocycles. The molecule has 2 saturated heterocycles. The number of nitrogens with zero attached hydrogens (tertiary/aromatic N) is 2. The fourth-order valence-corrected chi connectivity index (χ4v) is 10.5. The van der Waals surface area contributed by atoms with Crippen LogP contribution in [-0.4, -0.2) is 56.7 Å². The Kier molecular flexibility index (Phi) is 15.0. The van der Waals surface area contributed by atoms with Gasteiger partial charge in [0.25, 0.3) is 0 Å². The Morgan fingerprint density at radius 1 is 0.661 bits per heavy atom. The Morgan fingerprint density at radius 3 is 1.73 bits per heavy atom. The van der Waals surface area contributed by atoms with Gasteiger partial charge in [0.1, 0.15) is 6.10 Å². The highest BCUT2D eigenvalue weighted by Crippen LogP contribution is 2.46. The highest BCUT2D eigenvalue weighted by Gasteiger charge is 2.47. The number of hydrogen-bond donors (Lipinski definition) is 1. The topological polar surface area (TPSA) is 62.2 Å². The van der Waals surface area contributed by atoms with Crippen LogP contribution in [0.2, 0.25) is 0 Å². The summed E-state index contributed by atoms with van der Waals surface area (Å²) in [6.07, 6.45) is 31.9. The molecule has 62 heavy (non-hydrogen) atoms. The number of allylic oxidation sites excluding steroid dienone is 12. The number of hydrogen-bond acceptors (Lipinski definition) is 6. The second-order valence-corrected chi connectivity index (χ2v) is 20.2.